The standard InChI is InChI=1S/C18H28N2O2/c1-18(2,3)22-17(21)20-11-7-10-19-16-12-15(13-16)14-8-5-4-6-9-14/h4-6,8-9,15-16,19H,7,10-13H2,1-3H3,(H,20,21). The first-order valence-corrected chi connectivity index (χ1v) is 8.19. The third kappa shape index (κ3) is 5.68. The lowest BCUT2D eigenvalue weighted by Crippen LogP contribution is -2.41. The first kappa shape index (κ1) is 16.8. The molecule has 2 rings (SSSR count). The molecule has 0 unspecified atom stereocenters. The summed E-state index contributed by atoms with van der Waals surface area (Å²) in [6.45, 7) is 7.19. The minimum atomic E-state index is -0.430. The van der Waals surface area contributed by atoms with Gasteiger partial charge in [-0.05, 0) is 58.1 Å². The van der Waals surface area contributed by atoms with Crippen LogP contribution in [-0.4, -0.2) is 30.8 Å². The van der Waals surface area contributed by atoms with Gasteiger partial charge in [0.2, 0.25) is 0 Å². The van der Waals surface area contributed by atoms with E-state index in [9.17, 15) is 4.79 Å². The van der Waals surface area contributed by atoms with Crippen molar-refractivity contribution in [2.24, 2.45) is 0 Å². The SMILES string of the molecule is CC(C)(C)OC(=O)NCCCNC1CC(c2ccccc2)C1. The summed E-state index contributed by atoms with van der Waals surface area (Å²) < 4.78 is 5.19. The zero-order valence-electron chi connectivity index (χ0n) is 13.9. The monoisotopic (exact) mass is 304 g/mol. The number of ether oxygens (including phenoxy) is 1. The van der Waals surface area contributed by atoms with Crippen molar-refractivity contribution in [2.45, 2.75) is 57.6 Å². The fourth-order valence-electron chi connectivity index (χ4n) is 2.68. The van der Waals surface area contributed by atoms with Crippen LogP contribution in [0.4, 0.5) is 4.79 Å². The third-order valence-electron chi connectivity index (χ3n) is 3.86. The van der Waals surface area contributed by atoms with Crippen LogP contribution in [0.3, 0.4) is 0 Å². The predicted molar refractivity (Wildman–Crippen MR) is 89.1 cm³/mol. The molecule has 2 N–H and O–H groups in total. The topological polar surface area (TPSA) is 50.4 Å². The van der Waals surface area contributed by atoms with Gasteiger partial charge in [-0.1, -0.05) is 30.3 Å². The van der Waals surface area contributed by atoms with Crippen LogP contribution < -0.4 is 10.6 Å². The second-order valence-corrected chi connectivity index (χ2v) is 7.01. The van der Waals surface area contributed by atoms with Crippen molar-refractivity contribution in [2.75, 3.05) is 13.1 Å². The molecule has 0 bridgehead atoms. The van der Waals surface area contributed by atoms with Crippen LogP contribution in [0.25, 0.3) is 0 Å². The van der Waals surface area contributed by atoms with Gasteiger partial charge in [-0.3, -0.25) is 0 Å². The lowest BCUT2D eigenvalue weighted by molar-refractivity contribution is 0.0527. The molecule has 0 radical (unpaired) electrons. The molecule has 1 saturated carbocycles. The first-order valence-electron chi connectivity index (χ1n) is 8.19. The highest BCUT2D eigenvalue weighted by molar-refractivity contribution is 5.67. The summed E-state index contributed by atoms with van der Waals surface area (Å²) in [5, 5.41) is 6.33. The van der Waals surface area contributed by atoms with E-state index >= 15 is 0 Å². The molecule has 4 nitrogen and oxygen atoms in total. The Hall–Kier alpha value is -1.55. The fraction of sp³-hybridized carbons (Fsp3) is 0.611. The lowest BCUT2D eigenvalue weighted by Gasteiger charge is -2.36. The van der Waals surface area contributed by atoms with Crippen molar-refractivity contribution < 1.29 is 9.53 Å². The van der Waals surface area contributed by atoms with Gasteiger partial charge in [-0.15, -0.1) is 0 Å². The predicted octanol–water partition coefficient (Wildman–Crippen LogP) is 3.44. The molecule has 122 valence electrons. The third-order valence-corrected chi connectivity index (χ3v) is 3.86. The molecule has 0 aromatic heterocycles. The summed E-state index contributed by atoms with van der Waals surface area (Å²) in [4.78, 5) is 11.5. The van der Waals surface area contributed by atoms with Crippen LogP contribution in [0, 0.1) is 0 Å². The maximum Gasteiger partial charge on any atom is 0.407 e. The molecule has 1 aromatic carbocycles. The smallest absolute Gasteiger partial charge is 0.407 e. The molecular weight excluding hydrogens is 276 g/mol. The Balaban J connectivity index is 1.50. The van der Waals surface area contributed by atoms with Crippen molar-refractivity contribution in [3.05, 3.63) is 35.9 Å². The van der Waals surface area contributed by atoms with Crippen molar-refractivity contribution in [3.63, 3.8) is 0 Å². The average Bonchev–Trinajstić information content (AvgIpc) is 2.39. The molecule has 0 saturated heterocycles. The Kier molecular flexibility index (Phi) is 5.83. The van der Waals surface area contributed by atoms with Gasteiger partial charge in [0.05, 0.1) is 0 Å². The number of nitrogens with one attached hydrogen (secondary N) is 2. The zero-order valence-corrected chi connectivity index (χ0v) is 13.9. The van der Waals surface area contributed by atoms with E-state index in [-0.39, 0.29) is 6.09 Å². The number of carbonyl (C=O) groups is 1. The van der Waals surface area contributed by atoms with Gasteiger partial charge in [-0.25, -0.2) is 4.79 Å². The van der Waals surface area contributed by atoms with Crippen molar-refractivity contribution in [1.82, 2.24) is 10.6 Å². The van der Waals surface area contributed by atoms with Crippen LogP contribution in [0.1, 0.15) is 51.5 Å². The first-order chi connectivity index (χ1) is 10.4. The van der Waals surface area contributed by atoms with Gasteiger partial charge >= 0.3 is 6.09 Å². The van der Waals surface area contributed by atoms with Crippen molar-refractivity contribution in [3.8, 4) is 0 Å². The quantitative estimate of drug-likeness (QED) is 0.792. The van der Waals surface area contributed by atoms with Gasteiger partial charge in [-0.2, -0.15) is 0 Å². The van der Waals surface area contributed by atoms with E-state index in [2.05, 4.69) is 41.0 Å². The summed E-state index contributed by atoms with van der Waals surface area (Å²) >= 11 is 0. The molecule has 0 heterocycles. The van der Waals surface area contributed by atoms with Gasteiger partial charge in [0.25, 0.3) is 0 Å². The van der Waals surface area contributed by atoms with Gasteiger partial charge < -0.3 is 15.4 Å². The summed E-state index contributed by atoms with van der Waals surface area (Å²) in [6, 6.07) is 11.3. The van der Waals surface area contributed by atoms with E-state index in [1.165, 1.54) is 18.4 Å². The van der Waals surface area contributed by atoms with E-state index in [1.54, 1.807) is 0 Å². The molecule has 1 aliphatic rings. The van der Waals surface area contributed by atoms with Crippen LogP contribution in [0.5, 0.6) is 0 Å². The second-order valence-electron chi connectivity index (χ2n) is 7.01. The van der Waals surface area contributed by atoms with Crippen LogP contribution in [0.2, 0.25) is 0 Å². The molecule has 22 heavy (non-hydrogen) atoms. The van der Waals surface area contributed by atoms with Gasteiger partial charge in [0, 0.05) is 12.6 Å². The zero-order chi connectivity index (χ0) is 16.0. The van der Waals surface area contributed by atoms with Gasteiger partial charge in [0.1, 0.15) is 5.60 Å². The maximum atomic E-state index is 11.5. The highest BCUT2D eigenvalue weighted by atomic mass is 16.6. The van der Waals surface area contributed by atoms with E-state index < -0.39 is 5.60 Å². The van der Waals surface area contributed by atoms with Crippen LogP contribution in [-0.2, 0) is 4.74 Å². The number of rotatable bonds is 6. The number of benzene rings is 1. The Bertz CT molecular complexity index is 462. The highest BCUT2D eigenvalue weighted by Crippen LogP contribution is 2.36. The number of hydrogen-bond acceptors (Lipinski definition) is 3. The Morgan fingerprint density at radius 2 is 1.86 bits per heavy atom. The van der Waals surface area contributed by atoms with Crippen LogP contribution in [0.15, 0.2) is 30.3 Å². The molecule has 1 fully saturated rings. The lowest BCUT2D eigenvalue weighted by atomic mass is 9.76. The van der Waals surface area contributed by atoms with Crippen LogP contribution >= 0.6 is 0 Å². The van der Waals surface area contributed by atoms with Gasteiger partial charge in [0.15, 0.2) is 0 Å². The Labute approximate surface area is 133 Å². The molecule has 4 heteroatoms. The Morgan fingerprint density at radius 1 is 1.18 bits per heavy atom. The number of hydrogen-bond donors (Lipinski definition) is 2. The molecule has 1 aromatic rings. The molecule has 1 aliphatic carbocycles. The summed E-state index contributed by atoms with van der Waals surface area (Å²) in [5.41, 5.74) is 1.02. The summed E-state index contributed by atoms with van der Waals surface area (Å²) in [5.74, 6) is 0.707. The minimum Gasteiger partial charge on any atom is -0.444 e. The molecule has 0 atom stereocenters. The molecule has 0 spiro atoms. The maximum absolute atomic E-state index is 11.5. The fourth-order valence-corrected chi connectivity index (χ4v) is 2.68. The summed E-state index contributed by atoms with van der Waals surface area (Å²) in [6.07, 6.45) is 3.01. The van der Waals surface area contributed by atoms with Crippen molar-refractivity contribution >= 4 is 6.09 Å². The van der Waals surface area contributed by atoms with E-state index in [0.29, 0.717) is 18.5 Å². The second kappa shape index (κ2) is 7.63. The highest BCUT2D eigenvalue weighted by Gasteiger charge is 2.29. The Morgan fingerprint density at radius 3 is 2.50 bits per heavy atom. The number of alkyl carbamates (subject to hydrolysis) is 1. The number of carbonyl (C=O) groups excluding carboxylic acids is 1. The molecule has 0 aliphatic heterocycles. The van der Waals surface area contributed by atoms with E-state index in [1.807, 2.05) is 20.8 Å². The minimum absolute atomic E-state index is 0.333. The van der Waals surface area contributed by atoms with E-state index in [4.69, 9.17) is 4.74 Å². The van der Waals surface area contributed by atoms with E-state index in [0.717, 1.165) is 13.0 Å². The molecular formula is C18H28N2O2. The number of amides is 1. The average molecular weight is 304 g/mol. The normalized spacial score (nSPS) is 21.0. The molecule has 1 amide bonds. The van der Waals surface area contributed by atoms with Crippen molar-refractivity contribution in [1.29, 1.82) is 0 Å². The largest absolute Gasteiger partial charge is 0.444 e. The summed E-state index contributed by atoms with van der Waals surface area (Å²) in [7, 11) is 0.